The molecule has 0 saturated carbocycles. The second-order valence-electron chi connectivity index (χ2n) is 7.80. The van der Waals surface area contributed by atoms with Gasteiger partial charge in [-0.15, -0.1) is 0 Å². The van der Waals surface area contributed by atoms with Crippen LogP contribution in [-0.4, -0.2) is 47.6 Å². The molecule has 0 aliphatic carbocycles. The van der Waals surface area contributed by atoms with Crippen molar-refractivity contribution in [2.24, 2.45) is 0 Å². The smallest absolute Gasteiger partial charge is 0.223 e. The van der Waals surface area contributed by atoms with Gasteiger partial charge in [-0.3, -0.25) is 4.79 Å². The predicted molar refractivity (Wildman–Crippen MR) is 117 cm³/mol. The van der Waals surface area contributed by atoms with Crippen molar-refractivity contribution in [2.75, 3.05) is 18.8 Å². The Morgan fingerprint density at radius 1 is 1.13 bits per heavy atom. The van der Waals surface area contributed by atoms with Crippen LogP contribution in [0.15, 0.2) is 53.8 Å². The maximum atomic E-state index is 12.8. The Hall–Kier alpha value is -2.38. The van der Waals surface area contributed by atoms with E-state index in [4.69, 9.17) is 11.6 Å². The first-order valence-electron chi connectivity index (χ1n) is 10.0. The number of piperidine rings is 1. The summed E-state index contributed by atoms with van der Waals surface area (Å²) in [5, 5.41) is 2.30. The van der Waals surface area contributed by atoms with E-state index in [1.54, 1.807) is 41.3 Å². The molecular formula is C22H24ClN3O3S. The molecule has 2 heterocycles. The number of aryl methyl sites for hydroxylation is 1. The molecule has 30 heavy (non-hydrogen) atoms. The summed E-state index contributed by atoms with van der Waals surface area (Å²) in [6, 6.07) is 10.6. The molecule has 1 aliphatic heterocycles. The number of sulfone groups is 1. The summed E-state index contributed by atoms with van der Waals surface area (Å²) < 4.78 is 27.6. The lowest BCUT2D eigenvalue weighted by molar-refractivity contribution is -0.132. The van der Waals surface area contributed by atoms with Crippen molar-refractivity contribution in [2.45, 2.75) is 37.1 Å². The number of benzene rings is 2. The standard InChI is InChI=1S/C22H24ClN3O3S/c1-16-14-26(15-24-16)20-6-9-25(10-7-20)22(27)8-11-30(28,29)21-5-3-17-12-19(23)4-2-18(17)13-21/h2-5,12-15,20H,6-11H2,1H3. The number of fused-ring (bicyclic) bond motifs is 1. The van der Waals surface area contributed by atoms with Crippen molar-refractivity contribution < 1.29 is 13.2 Å². The van der Waals surface area contributed by atoms with Crippen LogP contribution >= 0.6 is 11.6 Å². The summed E-state index contributed by atoms with van der Waals surface area (Å²) in [7, 11) is -3.54. The van der Waals surface area contributed by atoms with Gasteiger partial charge in [-0.2, -0.15) is 0 Å². The zero-order valence-corrected chi connectivity index (χ0v) is 18.4. The SMILES string of the molecule is Cc1cn(C2CCN(C(=O)CCS(=O)(=O)c3ccc4cc(Cl)ccc4c3)CC2)cn1. The van der Waals surface area contributed by atoms with E-state index in [2.05, 4.69) is 9.55 Å². The van der Waals surface area contributed by atoms with Gasteiger partial charge >= 0.3 is 0 Å². The summed E-state index contributed by atoms with van der Waals surface area (Å²) in [6.45, 7) is 3.23. The van der Waals surface area contributed by atoms with E-state index < -0.39 is 9.84 Å². The van der Waals surface area contributed by atoms with Crippen molar-refractivity contribution in [3.05, 3.63) is 59.6 Å². The lowest BCUT2D eigenvalue weighted by atomic mass is 10.0. The van der Waals surface area contributed by atoms with Gasteiger partial charge in [0.05, 0.1) is 22.7 Å². The second kappa shape index (κ2) is 8.40. The number of nitrogens with zero attached hydrogens (tertiary/aromatic N) is 3. The molecule has 1 amide bonds. The van der Waals surface area contributed by atoms with E-state index in [-0.39, 0.29) is 23.0 Å². The number of likely N-dealkylation sites (tertiary alicyclic amines) is 1. The average Bonchev–Trinajstić information content (AvgIpc) is 3.18. The summed E-state index contributed by atoms with van der Waals surface area (Å²) in [5.74, 6) is -0.294. The van der Waals surface area contributed by atoms with E-state index in [9.17, 15) is 13.2 Å². The van der Waals surface area contributed by atoms with E-state index in [0.717, 1.165) is 29.3 Å². The van der Waals surface area contributed by atoms with Crippen molar-refractivity contribution in [1.29, 1.82) is 0 Å². The van der Waals surface area contributed by atoms with Gasteiger partial charge in [0.15, 0.2) is 9.84 Å². The minimum atomic E-state index is -3.54. The van der Waals surface area contributed by atoms with Crippen LogP contribution < -0.4 is 0 Å². The largest absolute Gasteiger partial charge is 0.343 e. The Bertz CT molecular complexity index is 1180. The van der Waals surface area contributed by atoms with Gasteiger partial charge in [0.2, 0.25) is 5.91 Å². The van der Waals surface area contributed by atoms with Gasteiger partial charge < -0.3 is 9.47 Å². The molecule has 0 bridgehead atoms. The normalized spacial score (nSPS) is 15.6. The molecule has 0 atom stereocenters. The highest BCUT2D eigenvalue weighted by Gasteiger charge is 2.25. The molecule has 1 fully saturated rings. The number of rotatable bonds is 5. The molecule has 0 unspecified atom stereocenters. The highest BCUT2D eigenvalue weighted by atomic mass is 35.5. The van der Waals surface area contributed by atoms with Crippen molar-refractivity contribution in [1.82, 2.24) is 14.5 Å². The van der Waals surface area contributed by atoms with Crippen LogP contribution in [0, 0.1) is 6.92 Å². The summed E-state index contributed by atoms with van der Waals surface area (Å²) in [6.07, 6.45) is 5.55. The lowest BCUT2D eigenvalue weighted by Crippen LogP contribution is -2.39. The summed E-state index contributed by atoms with van der Waals surface area (Å²) in [4.78, 5) is 18.9. The first-order chi connectivity index (χ1) is 14.3. The van der Waals surface area contributed by atoms with Crippen molar-refractivity contribution in [3.63, 3.8) is 0 Å². The van der Waals surface area contributed by atoms with E-state index in [1.165, 1.54) is 0 Å². The molecular weight excluding hydrogens is 422 g/mol. The second-order valence-corrected chi connectivity index (χ2v) is 10.3. The quantitative estimate of drug-likeness (QED) is 0.594. The van der Waals surface area contributed by atoms with Gasteiger partial charge in [0.25, 0.3) is 0 Å². The number of aromatic nitrogens is 2. The van der Waals surface area contributed by atoms with Crippen LogP contribution in [0.2, 0.25) is 5.02 Å². The molecule has 1 aliphatic rings. The maximum absolute atomic E-state index is 12.8. The van der Waals surface area contributed by atoms with Crippen molar-refractivity contribution >= 4 is 38.1 Å². The zero-order chi connectivity index (χ0) is 21.3. The third-order valence-corrected chi connectivity index (χ3v) is 7.64. The Kier molecular flexibility index (Phi) is 5.84. The minimum Gasteiger partial charge on any atom is -0.343 e. The van der Waals surface area contributed by atoms with Crippen molar-refractivity contribution in [3.8, 4) is 0 Å². The Balaban J connectivity index is 1.35. The highest BCUT2D eigenvalue weighted by molar-refractivity contribution is 7.91. The Labute approximate surface area is 181 Å². The number of carbonyl (C=O) groups excluding carboxylic acids is 1. The molecule has 0 radical (unpaired) electrons. The summed E-state index contributed by atoms with van der Waals surface area (Å²) in [5.41, 5.74) is 0.982. The van der Waals surface area contributed by atoms with Crippen LogP contribution in [0.4, 0.5) is 0 Å². The fourth-order valence-electron chi connectivity index (χ4n) is 3.94. The third kappa shape index (κ3) is 4.52. The van der Waals surface area contributed by atoms with Gasteiger partial charge in [0.1, 0.15) is 0 Å². The van der Waals surface area contributed by atoms with E-state index in [0.29, 0.717) is 24.2 Å². The topological polar surface area (TPSA) is 72.3 Å². The molecule has 1 aromatic heterocycles. The van der Waals surface area contributed by atoms with Gasteiger partial charge in [-0.25, -0.2) is 13.4 Å². The molecule has 0 N–H and O–H groups in total. The molecule has 0 spiro atoms. The molecule has 8 heteroatoms. The Morgan fingerprint density at radius 2 is 1.83 bits per heavy atom. The van der Waals surface area contributed by atoms with E-state index >= 15 is 0 Å². The first kappa shape index (κ1) is 20.9. The number of hydrogen-bond donors (Lipinski definition) is 0. The molecule has 3 aromatic rings. The van der Waals surface area contributed by atoms with Gasteiger partial charge in [-0.05, 0) is 54.8 Å². The lowest BCUT2D eigenvalue weighted by Gasteiger charge is -2.32. The summed E-state index contributed by atoms with van der Waals surface area (Å²) >= 11 is 5.99. The number of imidazole rings is 1. The molecule has 4 rings (SSSR count). The predicted octanol–water partition coefficient (Wildman–Crippen LogP) is 4.03. The number of amides is 1. The van der Waals surface area contributed by atoms with Gasteiger partial charge in [0, 0.05) is 36.8 Å². The zero-order valence-electron chi connectivity index (χ0n) is 16.8. The van der Waals surface area contributed by atoms with Crippen LogP contribution in [0.1, 0.15) is 31.0 Å². The molecule has 1 saturated heterocycles. The first-order valence-corrected chi connectivity index (χ1v) is 12.0. The van der Waals surface area contributed by atoms with Gasteiger partial charge in [-0.1, -0.05) is 23.7 Å². The fraction of sp³-hybridized carbons (Fsp3) is 0.364. The number of carbonyl (C=O) groups is 1. The maximum Gasteiger partial charge on any atom is 0.223 e. The number of hydrogen-bond acceptors (Lipinski definition) is 4. The minimum absolute atomic E-state index is 0.00413. The third-order valence-electron chi connectivity index (χ3n) is 5.69. The van der Waals surface area contributed by atoms with Crippen LogP contribution in [0.3, 0.4) is 0 Å². The molecule has 2 aromatic carbocycles. The molecule has 158 valence electrons. The van der Waals surface area contributed by atoms with E-state index in [1.807, 2.05) is 19.4 Å². The van der Waals surface area contributed by atoms with Crippen LogP contribution in [0.25, 0.3) is 10.8 Å². The highest BCUT2D eigenvalue weighted by Crippen LogP contribution is 2.25. The Morgan fingerprint density at radius 3 is 2.53 bits per heavy atom. The number of halogens is 1. The monoisotopic (exact) mass is 445 g/mol. The fourth-order valence-corrected chi connectivity index (χ4v) is 5.38. The van der Waals surface area contributed by atoms with Crippen LogP contribution in [-0.2, 0) is 14.6 Å². The average molecular weight is 446 g/mol. The van der Waals surface area contributed by atoms with Crippen LogP contribution in [0.5, 0.6) is 0 Å². The molecule has 6 nitrogen and oxygen atoms in total.